The van der Waals surface area contributed by atoms with Crippen LogP contribution in [0.3, 0.4) is 0 Å². The lowest BCUT2D eigenvalue weighted by Crippen LogP contribution is -2.45. The molecular formula is C58H97NO3. The van der Waals surface area contributed by atoms with Crippen LogP contribution in [0.1, 0.15) is 219 Å². The summed E-state index contributed by atoms with van der Waals surface area (Å²) in [5.41, 5.74) is 0. The van der Waals surface area contributed by atoms with Crippen LogP contribution in [0.4, 0.5) is 0 Å². The molecule has 2 unspecified atom stereocenters. The summed E-state index contributed by atoms with van der Waals surface area (Å²) in [6, 6.07) is -0.661. The molecule has 0 saturated heterocycles. The highest BCUT2D eigenvalue weighted by Crippen LogP contribution is 2.13. The Morgan fingerprint density at radius 2 is 0.726 bits per heavy atom. The maximum atomic E-state index is 12.4. The minimum atomic E-state index is -0.884. The fraction of sp³-hybridized carbons (Fsp3) is 0.638. The second-order valence-corrected chi connectivity index (χ2v) is 16.8. The Morgan fingerprint density at radius 3 is 1.13 bits per heavy atom. The molecule has 0 aliphatic rings. The van der Waals surface area contributed by atoms with Crippen molar-refractivity contribution in [3.05, 3.63) is 122 Å². The summed E-state index contributed by atoms with van der Waals surface area (Å²) in [7, 11) is 0. The van der Waals surface area contributed by atoms with Crippen molar-refractivity contribution in [1.29, 1.82) is 0 Å². The molecule has 0 rings (SSSR count). The van der Waals surface area contributed by atoms with Gasteiger partial charge >= 0.3 is 0 Å². The molecule has 62 heavy (non-hydrogen) atoms. The van der Waals surface area contributed by atoms with E-state index in [2.05, 4.69) is 129 Å². The van der Waals surface area contributed by atoms with Gasteiger partial charge in [0, 0.05) is 6.42 Å². The maximum Gasteiger partial charge on any atom is 0.220 e. The average Bonchev–Trinajstić information content (AvgIpc) is 3.28. The van der Waals surface area contributed by atoms with Crippen LogP contribution in [-0.4, -0.2) is 34.9 Å². The van der Waals surface area contributed by atoms with Gasteiger partial charge in [-0.25, -0.2) is 0 Å². The number of rotatable bonds is 45. The number of nitrogens with one attached hydrogen (secondary N) is 1. The number of unbranched alkanes of at least 4 members (excludes halogenated alkanes) is 20. The maximum absolute atomic E-state index is 12.4. The first kappa shape index (κ1) is 58.8. The summed E-state index contributed by atoms with van der Waals surface area (Å²) in [4.78, 5) is 12.4. The summed E-state index contributed by atoms with van der Waals surface area (Å²) >= 11 is 0. The van der Waals surface area contributed by atoms with E-state index in [-0.39, 0.29) is 12.5 Å². The Morgan fingerprint density at radius 1 is 0.403 bits per heavy atom. The summed E-state index contributed by atoms with van der Waals surface area (Å²) in [5, 5.41) is 23.1. The van der Waals surface area contributed by atoms with Gasteiger partial charge in [0.25, 0.3) is 0 Å². The number of hydrogen-bond donors (Lipinski definition) is 3. The van der Waals surface area contributed by atoms with Crippen LogP contribution in [0.25, 0.3) is 0 Å². The van der Waals surface area contributed by atoms with Crippen LogP contribution in [-0.2, 0) is 4.79 Å². The van der Waals surface area contributed by atoms with Crippen molar-refractivity contribution in [3.8, 4) is 0 Å². The highest BCUT2D eigenvalue weighted by atomic mass is 16.3. The second kappa shape index (κ2) is 52.1. The first-order valence-electron chi connectivity index (χ1n) is 25.7. The summed E-state index contributed by atoms with van der Waals surface area (Å²) in [5.74, 6) is -0.0944. The monoisotopic (exact) mass is 856 g/mol. The zero-order valence-corrected chi connectivity index (χ0v) is 40.3. The molecule has 0 bridgehead atoms. The van der Waals surface area contributed by atoms with Gasteiger partial charge in [-0.3, -0.25) is 4.79 Å². The Hall–Kier alpha value is -3.21. The van der Waals surface area contributed by atoms with Crippen molar-refractivity contribution in [2.24, 2.45) is 0 Å². The molecule has 4 heteroatoms. The number of allylic oxidation sites excluding steroid dienone is 19. The Balaban J connectivity index is 3.70. The average molecular weight is 856 g/mol. The summed E-state index contributed by atoms with van der Waals surface area (Å²) in [6.07, 6.45) is 80.4. The van der Waals surface area contributed by atoms with E-state index in [1.165, 1.54) is 103 Å². The van der Waals surface area contributed by atoms with E-state index in [1.54, 1.807) is 6.08 Å². The lowest BCUT2D eigenvalue weighted by atomic mass is 10.1. The lowest BCUT2D eigenvalue weighted by Gasteiger charge is -2.19. The molecule has 0 aromatic heterocycles. The normalized spacial score (nSPS) is 13.9. The molecule has 0 saturated carbocycles. The van der Waals surface area contributed by atoms with Crippen LogP contribution in [0.2, 0.25) is 0 Å². The van der Waals surface area contributed by atoms with Crippen LogP contribution in [0.5, 0.6) is 0 Å². The minimum Gasteiger partial charge on any atom is -0.394 e. The summed E-state index contributed by atoms with van der Waals surface area (Å²) < 4.78 is 0. The van der Waals surface area contributed by atoms with E-state index < -0.39 is 12.1 Å². The first-order valence-corrected chi connectivity index (χ1v) is 25.7. The highest BCUT2D eigenvalue weighted by molar-refractivity contribution is 5.76. The molecule has 3 N–H and O–H groups in total. The van der Waals surface area contributed by atoms with Gasteiger partial charge < -0.3 is 15.5 Å². The molecular weight excluding hydrogens is 759 g/mol. The predicted molar refractivity (Wildman–Crippen MR) is 276 cm³/mol. The third kappa shape index (κ3) is 47.8. The molecule has 0 fully saturated rings. The molecule has 0 spiro atoms. The number of aliphatic hydroxyl groups is 2. The zero-order chi connectivity index (χ0) is 44.9. The van der Waals surface area contributed by atoms with E-state index in [0.717, 1.165) is 96.3 Å². The van der Waals surface area contributed by atoms with Crippen LogP contribution >= 0.6 is 0 Å². The molecule has 0 heterocycles. The van der Waals surface area contributed by atoms with Gasteiger partial charge in [-0.2, -0.15) is 0 Å². The Kier molecular flexibility index (Phi) is 49.4. The SMILES string of the molecule is CC/C=C\C/C=C\C/C=C\C/C=C\C/C=C\C/C=C\C/C=C\CCCCCCCCCC(=O)NC(CO)C(O)/C=C/CC/C=C/CC/C=C/CCCCCCCCCCCCC. The lowest BCUT2D eigenvalue weighted by molar-refractivity contribution is -0.123. The molecule has 0 aromatic rings. The van der Waals surface area contributed by atoms with Crippen LogP contribution in [0.15, 0.2) is 122 Å². The standard InChI is InChI=1S/C58H97NO3/c1-3-5-7-9-11-13-15-17-19-21-23-25-26-27-28-29-30-31-32-34-36-38-40-42-44-46-48-50-52-54-58(62)59-56(55-60)57(61)53-51-49-47-45-43-41-39-37-35-33-24-22-20-18-16-14-12-10-8-6-4-2/h5,7,11,13,17,19,23,25,27-28,30-31,34-37,43,45,51,53,56-57,60-61H,3-4,6,8-10,12,14-16,18,20-22,24,26,29,32-33,38-42,44,46-50,52,54-55H2,1-2H3,(H,59,62)/b7-5-,13-11-,19-17-,25-23-,28-27-,31-30-,36-34-,37-35+,45-43+,53-51+. The minimum absolute atomic E-state index is 0.0944. The second-order valence-electron chi connectivity index (χ2n) is 16.8. The predicted octanol–water partition coefficient (Wildman–Crippen LogP) is 16.9. The van der Waals surface area contributed by atoms with Gasteiger partial charge in [0.2, 0.25) is 5.91 Å². The smallest absolute Gasteiger partial charge is 0.220 e. The fourth-order valence-corrected chi connectivity index (χ4v) is 7.01. The summed E-state index contributed by atoms with van der Waals surface area (Å²) in [6.45, 7) is 4.17. The molecule has 0 aromatic carbocycles. The van der Waals surface area contributed by atoms with Gasteiger partial charge in [-0.15, -0.1) is 0 Å². The van der Waals surface area contributed by atoms with Crippen LogP contribution < -0.4 is 5.32 Å². The Labute approximate surface area is 384 Å². The molecule has 2 atom stereocenters. The topological polar surface area (TPSA) is 69.6 Å². The number of carbonyl (C=O) groups is 1. The number of amides is 1. The number of aliphatic hydroxyl groups excluding tert-OH is 2. The molecule has 0 aliphatic heterocycles. The van der Waals surface area contributed by atoms with E-state index in [0.29, 0.717) is 6.42 Å². The molecule has 4 nitrogen and oxygen atoms in total. The largest absolute Gasteiger partial charge is 0.394 e. The fourth-order valence-electron chi connectivity index (χ4n) is 7.01. The quantitative estimate of drug-likeness (QED) is 0.0422. The first-order chi connectivity index (χ1) is 30.7. The molecule has 1 amide bonds. The molecule has 0 radical (unpaired) electrons. The van der Waals surface area contributed by atoms with Crippen molar-refractivity contribution in [2.45, 2.75) is 231 Å². The van der Waals surface area contributed by atoms with E-state index in [1.807, 2.05) is 6.08 Å². The van der Waals surface area contributed by atoms with Gasteiger partial charge in [-0.1, -0.05) is 232 Å². The third-order valence-corrected chi connectivity index (χ3v) is 10.9. The van der Waals surface area contributed by atoms with Crippen molar-refractivity contribution in [2.75, 3.05) is 6.61 Å². The van der Waals surface area contributed by atoms with Crippen molar-refractivity contribution >= 4 is 5.91 Å². The van der Waals surface area contributed by atoms with Crippen molar-refractivity contribution in [1.82, 2.24) is 5.32 Å². The van der Waals surface area contributed by atoms with Gasteiger partial charge in [0.1, 0.15) is 0 Å². The number of carbonyl (C=O) groups excluding carboxylic acids is 1. The van der Waals surface area contributed by atoms with E-state index in [9.17, 15) is 15.0 Å². The van der Waals surface area contributed by atoms with Gasteiger partial charge in [-0.05, 0) is 103 Å². The van der Waals surface area contributed by atoms with Gasteiger partial charge in [0.05, 0.1) is 18.8 Å². The molecule has 352 valence electrons. The van der Waals surface area contributed by atoms with Crippen molar-refractivity contribution < 1.29 is 15.0 Å². The number of hydrogen-bond acceptors (Lipinski definition) is 3. The molecule has 0 aliphatic carbocycles. The highest BCUT2D eigenvalue weighted by Gasteiger charge is 2.17. The van der Waals surface area contributed by atoms with E-state index >= 15 is 0 Å². The van der Waals surface area contributed by atoms with Crippen molar-refractivity contribution in [3.63, 3.8) is 0 Å². The van der Waals surface area contributed by atoms with Gasteiger partial charge in [0.15, 0.2) is 0 Å². The van der Waals surface area contributed by atoms with E-state index in [4.69, 9.17) is 0 Å². The zero-order valence-electron chi connectivity index (χ0n) is 40.3. The van der Waals surface area contributed by atoms with Crippen LogP contribution in [0, 0.1) is 0 Å². The third-order valence-electron chi connectivity index (χ3n) is 10.9. The Bertz CT molecular complexity index is 1240.